The minimum atomic E-state index is 0.694. The van der Waals surface area contributed by atoms with Gasteiger partial charge in [-0.2, -0.15) is 0 Å². The number of hydrogen-bond acceptors (Lipinski definition) is 4. The van der Waals surface area contributed by atoms with Gasteiger partial charge in [-0.15, -0.1) is 0 Å². The van der Waals surface area contributed by atoms with Crippen molar-refractivity contribution in [1.29, 1.82) is 0 Å². The highest BCUT2D eigenvalue weighted by atomic mass is 14.9. The third kappa shape index (κ3) is 9.58. The second-order valence-corrected chi connectivity index (χ2v) is 2.46. The van der Waals surface area contributed by atoms with Crippen molar-refractivity contribution in [2.75, 3.05) is 39.3 Å². The highest BCUT2D eigenvalue weighted by Crippen LogP contribution is 1.68. The lowest BCUT2D eigenvalue weighted by molar-refractivity contribution is 0.739. The molecule has 0 saturated carbocycles. The fourth-order valence-electron chi connectivity index (χ4n) is 0.742. The summed E-state index contributed by atoms with van der Waals surface area (Å²) in [5.41, 5.74) is 10.6. The Hall–Kier alpha value is -0.420. The lowest BCUT2D eigenvalue weighted by Gasteiger charge is -1.97. The van der Waals surface area contributed by atoms with Crippen molar-refractivity contribution in [2.45, 2.75) is 0 Å². The Morgan fingerprint density at radius 2 is 1.25 bits per heavy atom. The van der Waals surface area contributed by atoms with Crippen LogP contribution in [0.1, 0.15) is 0 Å². The second kappa shape index (κ2) is 10.6. The van der Waals surface area contributed by atoms with E-state index in [1.165, 1.54) is 0 Å². The SMILES string of the molecule is NCCNCC=CCNCCN. The topological polar surface area (TPSA) is 76.1 Å². The molecule has 6 N–H and O–H groups in total. The van der Waals surface area contributed by atoms with Gasteiger partial charge in [0.2, 0.25) is 0 Å². The molecule has 0 amide bonds. The molecule has 0 bridgehead atoms. The molecular formula is C8H20N4. The first-order chi connectivity index (χ1) is 5.91. The molecule has 0 aromatic heterocycles. The lowest BCUT2D eigenvalue weighted by Crippen LogP contribution is -2.23. The first kappa shape index (κ1) is 11.6. The molecular weight excluding hydrogens is 152 g/mol. The van der Waals surface area contributed by atoms with Crippen molar-refractivity contribution >= 4 is 0 Å². The van der Waals surface area contributed by atoms with Crippen LogP contribution in [0, 0.1) is 0 Å². The Morgan fingerprint density at radius 3 is 1.58 bits per heavy atom. The monoisotopic (exact) mass is 172 g/mol. The van der Waals surface area contributed by atoms with E-state index in [9.17, 15) is 0 Å². The molecule has 0 aliphatic heterocycles. The molecule has 0 rings (SSSR count). The summed E-state index contributed by atoms with van der Waals surface area (Å²) < 4.78 is 0. The van der Waals surface area contributed by atoms with E-state index in [-0.39, 0.29) is 0 Å². The summed E-state index contributed by atoms with van der Waals surface area (Å²) in [6.45, 7) is 4.92. The highest BCUT2D eigenvalue weighted by molar-refractivity contribution is 4.85. The maximum atomic E-state index is 5.30. The second-order valence-electron chi connectivity index (χ2n) is 2.46. The number of nitrogens with two attached hydrogens (primary N) is 2. The van der Waals surface area contributed by atoms with Gasteiger partial charge in [-0.3, -0.25) is 0 Å². The predicted octanol–water partition coefficient (Wildman–Crippen LogP) is -1.36. The Labute approximate surface area is 74.4 Å². The summed E-state index contributed by atoms with van der Waals surface area (Å²) in [6.07, 6.45) is 4.17. The van der Waals surface area contributed by atoms with Crippen LogP contribution >= 0.6 is 0 Å². The van der Waals surface area contributed by atoms with Crippen LogP contribution in [0.4, 0.5) is 0 Å². The van der Waals surface area contributed by atoms with E-state index in [1.807, 2.05) is 0 Å². The van der Waals surface area contributed by atoms with Gasteiger partial charge in [-0.05, 0) is 0 Å². The van der Waals surface area contributed by atoms with Crippen molar-refractivity contribution in [3.8, 4) is 0 Å². The smallest absolute Gasteiger partial charge is 0.0135 e. The quantitative estimate of drug-likeness (QED) is 0.269. The zero-order valence-electron chi connectivity index (χ0n) is 7.55. The van der Waals surface area contributed by atoms with Crippen LogP contribution in [0.5, 0.6) is 0 Å². The van der Waals surface area contributed by atoms with E-state index in [2.05, 4.69) is 22.8 Å². The summed E-state index contributed by atoms with van der Waals surface area (Å²) >= 11 is 0. The molecule has 0 unspecified atom stereocenters. The standard InChI is InChI=1S/C8H20N4/c9-3-7-11-5-1-2-6-12-8-4-10/h1-2,11-12H,3-10H2. The van der Waals surface area contributed by atoms with Gasteiger partial charge in [0.05, 0.1) is 0 Å². The van der Waals surface area contributed by atoms with Gasteiger partial charge in [-0.1, -0.05) is 12.2 Å². The molecule has 0 spiro atoms. The minimum Gasteiger partial charge on any atom is -0.329 e. The fraction of sp³-hybridized carbons (Fsp3) is 0.750. The maximum absolute atomic E-state index is 5.30. The average Bonchev–Trinajstić information content (AvgIpc) is 2.10. The summed E-state index contributed by atoms with van der Waals surface area (Å²) in [5, 5.41) is 6.32. The van der Waals surface area contributed by atoms with Crippen LogP contribution in [-0.2, 0) is 0 Å². The normalized spacial score (nSPS) is 11.2. The molecule has 0 aliphatic rings. The van der Waals surface area contributed by atoms with Gasteiger partial charge in [0.1, 0.15) is 0 Å². The number of hydrogen-bond donors (Lipinski definition) is 4. The van der Waals surface area contributed by atoms with E-state index in [0.29, 0.717) is 13.1 Å². The lowest BCUT2D eigenvalue weighted by atomic mass is 10.4. The Balaban J connectivity index is 2.93. The van der Waals surface area contributed by atoms with Crippen LogP contribution in [0.3, 0.4) is 0 Å². The summed E-state index contributed by atoms with van der Waals surface area (Å²) in [7, 11) is 0. The molecule has 0 saturated heterocycles. The van der Waals surface area contributed by atoms with Gasteiger partial charge in [0, 0.05) is 39.3 Å². The average molecular weight is 172 g/mol. The molecule has 0 aromatic carbocycles. The van der Waals surface area contributed by atoms with Crippen molar-refractivity contribution < 1.29 is 0 Å². The third-order valence-corrected chi connectivity index (χ3v) is 1.33. The summed E-state index contributed by atoms with van der Waals surface area (Å²) in [6, 6.07) is 0. The Kier molecular flexibility index (Phi) is 10.2. The van der Waals surface area contributed by atoms with E-state index < -0.39 is 0 Å². The fourth-order valence-corrected chi connectivity index (χ4v) is 0.742. The molecule has 0 aliphatic carbocycles. The van der Waals surface area contributed by atoms with Crippen LogP contribution in [0.25, 0.3) is 0 Å². The van der Waals surface area contributed by atoms with Gasteiger partial charge in [0.25, 0.3) is 0 Å². The van der Waals surface area contributed by atoms with Crippen molar-refractivity contribution in [3.05, 3.63) is 12.2 Å². The zero-order valence-corrected chi connectivity index (χ0v) is 7.55. The molecule has 12 heavy (non-hydrogen) atoms. The largest absolute Gasteiger partial charge is 0.329 e. The van der Waals surface area contributed by atoms with Gasteiger partial charge in [0.15, 0.2) is 0 Å². The molecule has 0 atom stereocenters. The highest BCUT2D eigenvalue weighted by Gasteiger charge is 1.79. The van der Waals surface area contributed by atoms with Crippen molar-refractivity contribution in [1.82, 2.24) is 10.6 Å². The van der Waals surface area contributed by atoms with Gasteiger partial charge in [-0.25, -0.2) is 0 Å². The van der Waals surface area contributed by atoms with Crippen molar-refractivity contribution in [3.63, 3.8) is 0 Å². The first-order valence-electron chi connectivity index (χ1n) is 4.38. The van der Waals surface area contributed by atoms with E-state index in [4.69, 9.17) is 11.5 Å². The molecule has 0 aromatic rings. The predicted molar refractivity (Wildman–Crippen MR) is 53.0 cm³/mol. The number of nitrogens with one attached hydrogen (secondary N) is 2. The summed E-state index contributed by atoms with van der Waals surface area (Å²) in [5.74, 6) is 0. The molecule has 0 heterocycles. The third-order valence-electron chi connectivity index (χ3n) is 1.33. The van der Waals surface area contributed by atoms with E-state index in [1.54, 1.807) is 0 Å². The van der Waals surface area contributed by atoms with Crippen LogP contribution in [0.15, 0.2) is 12.2 Å². The van der Waals surface area contributed by atoms with E-state index >= 15 is 0 Å². The zero-order chi connectivity index (χ0) is 9.07. The van der Waals surface area contributed by atoms with Gasteiger partial charge < -0.3 is 22.1 Å². The first-order valence-corrected chi connectivity index (χ1v) is 4.38. The maximum Gasteiger partial charge on any atom is 0.0135 e. The Morgan fingerprint density at radius 1 is 0.833 bits per heavy atom. The van der Waals surface area contributed by atoms with Gasteiger partial charge >= 0.3 is 0 Å². The molecule has 72 valence electrons. The molecule has 0 fully saturated rings. The molecule has 4 heteroatoms. The van der Waals surface area contributed by atoms with E-state index in [0.717, 1.165) is 26.2 Å². The molecule has 0 radical (unpaired) electrons. The minimum absolute atomic E-state index is 0.694. The van der Waals surface area contributed by atoms with Crippen LogP contribution in [-0.4, -0.2) is 39.3 Å². The van der Waals surface area contributed by atoms with Crippen LogP contribution in [0.2, 0.25) is 0 Å². The van der Waals surface area contributed by atoms with Crippen LogP contribution < -0.4 is 22.1 Å². The number of rotatable bonds is 8. The summed E-state index contributed by atoms with van der Waals surface area (Å²) in [4.78, 5) is 0. The Bertz CT molecular complexity index is 91.2. The van der Waals surface area contributed by atoms with Crippen molar-refractivity contribution in [2.24, 2.45) is 11.5 Å². The molecule has 4 nitrogen and oxygen atoms in total.